The first kappa shape index (κ1) is 12.0. The maximum absolute atomic E-state index is 13.1. The summed E-state index contributed by atoms with van der Waals surface area (Å²) < 4.78 is 13.1. The summed E-state index contributed by atoms with van der Waals surface area (Å²) in [5.74, 6) is -0.530. The first-order valence-corrected chi connectivity index (χ1v) is 5.37. The molecule has 2 atom stereocenters. The number of nitriles is 1. The van der Waals surface area contributed by atoms with Gasteiger partial charge < -0.3 is 10.2 Å². The highest BCUT2D eigenvalue weighted by Crippen LogP contribution is 2.16. The third-order valence-corrected chi connectivity index (χ3v) is 2.89. The van der Waals surface area contributed by atoms with Crippen LogP contribution in [0.15, 0.2) is 18.2 Å². The Morgan fingerprint density at radius 3 is 2.59 bits per heavy atom. The number of likely N-dealkylation sites (tertiary alicyclic amines) is 1. The van der Waals surface area contributed by atoms with Gasteiger partial charge in [-0.1, -0.05) is 6.07 Å². The Hall–Kier alpha value is -1.48. The average molecular weight is 236 g/mol. The van der Waals surface area contributed by atoms with Gasteiger partial charge in [0.05, 0.1) is 17.8 Å². The number of rotatable bonds is 2. The van der Waals surface area contributed by atoms with Crippen LogP contribution in [0.3, 0.4) is 0 Å². The van der Waals surface area contributed by atoms with Gasteiger partial charge in [-0.15, -0.1) is 0 Å². The van der Waals surface area contributed by atoms with Crippen molar-refractivity contribution < 1.29 is 14.6 Å². The summed E-state index contributed by atoms with van der Waals surface area (Å²) in [4.78, 5) is 1.86. The molecule has 1 aliphatic rings. The fourth-order valence-corrected chi connectivity index (χ4v) is 1.99. The maximum Gasteiger partial charge on any atom is 0.140 e. The van der Waals surface area contributed by atoms with Crippen molar-refractivity contribution in [3.05, 3.63) is 35.1 Å². The van der Waals surface area contributed by atoms with Crippen LogP contribution in [0.2, 0.25) is 0 Å². The third kappa shape index (κ3) is 2.61. The molecule has 0 spiro atoms. The Kier molecular flexibility index (Phi) is 3.38. The lowest BCUT2D eigenvalue weighted by atomic mass is 10.1. The predicted molar refractivity (Wildman–Crippen MR) is 58.4 cm³/mol. The summed E-state index contributed by atoms with van der Waals surface area (Å²) in [6, 6.07) is 6.14. The molecule has 1 heterocycles. The van der Waals surface area contributed by atoms with Gasteiger partial charge in [0.2, 0.25) is 0 Å². The monoisotopic (exact) mass is 236 g/mol. The molecule has 0 radical (unpaired) electrons. The summed E-state index contributed by atoms with van der Waals surface area (Å²) in [5, 5.41) is 27.5. The minimum absolute atomic E-state index is 0.0165. The molecule has 1 fully saturated rings. The fraction of sp³-hybridized carbons (Fsp3) is 0.417. The van der Waals surface area contributed by atoms with Crippen molar-refractivity contribution in [1.82, 2.24) is 4.90 Å². The highest BCUT2D eigenvalue weighted by atomic mass is 19.1. The highest BCUT2D eigenvalue weighted by Gasteiger charge is 2.29. The number of benzene rings is 1. The van der Waals surface area contributed by atoms with Crippen LogP contribution in [0.4, 0.5) is 4.39 Å². The second-order valence-electron chi connectivity index (χ2n) is 4.25. The van der Waals surface area contributed by atoms with E-state index in [4.69, 9.17) is 5.26 Å². The molecular weight excluding hydrogens is 223 g/mol. The molecule has 0 aromatic heterocycles. The lowest BCUT2D eigenvalue weighted by Gasteiger charge is -2.14. The predicted octanol–water partition coefficient (Wildman–Crippen LogP) is 0.235. The van der Waals surface area contributed by atoms with Crippen molar-refractivity contribution in [2.24, 2.45) is 0 Å². The molecule has 0 saturated carbocycles. The van der Waals surface area contributed by atoms with Gasteiger partial charge in [-0.25, -0.2) is 4.39 Å². The van der Waals surface area contributed by atoms with Crippen molar-refractivity contribution in [3.63, 3.8) is 0 Å². The van der Waals surface area contributed by atoms with Crippen LogP contribution in [-0.4, -0.2) is 40.4 Å². The Labute approximate surface area is 98.5 Å². The molecule has 1 aromatic carbocycles. The number of aliphatic hydroxyl groups is 2. The lowest BCUT2D eigenvalue weighted by Crippen LogP contribution is -2.22. The van der Waals surface area contributed by atoms with E-state index in [0.29, 0.717) is 19.6 Å². The summed E-state index contributed by atoms with van der Waals surface area (Å²) in [7, 11) is 0. The van der Waals surface area contributed by atoms with Crippen LogP contribution in [0, 0.1) is 17.1 Å². The summed E-state index contributed by atoms with van der Waals surface area (Å²) in [5.41, 5.74) is 0.812. The number of aliphatic hydroxyl groups excluding tert-OH is 2. The largest absolute Gasteiger partial charge is 0.389 e. The number of halogens is 1. The molecule has 2 rings (SSSR count). The molecule has 0 unspecified atom stereocenters. The van der Waals surface area contributed by atoms with Crippen molar-refractivity contribution in [2.75, 3.05) is 13.1 Å². The Morgan fingerprint density at radius 1 is 1.35 bits per heavy atom. The molecule has 0 bridgehead atoms. The number of nitrogens with zero attached hydrogens (tertiary/aromatic N) is 2. The smallest absolute Gasteiger partial charge is 0.140 e. The van der Waals surface area contributed by atoms with E-state index in [1.807, 2.05) is 4.90 Å². The first-order chi connectivity index (χ1) is 8.10. The van der Waals surface area contributed by atoms with Gasteiger partial charge in [0.15, 0.2) is 0 Å². The molecule has 2 N–H and O–H groups in total. The van der Waals surface area contributed by atoms with E-state index in [-0.39, 0.29) is 5.56 Å². The van der Waals surface area contributed by atoms with Crippen LogP contribution in [-0.2, 0) is 6.54 Å². The molecule has 17 heavy (non-hydrogen) atoms. The zero-order chi connectivity index (χ0) is 12.4. The van der Waals surface area contributed by atoms with Crippen molar-refractivity contribution in [3.8, 4) is 6.07 Å². The van der Waals surface area contributed by atoms with Crippen LogP contribution in [0.5, 0.6) is 0 Å². The maximum atomic E-state index is 13.1. The van der Waals surface area contributed by atoms with E-state index in [9.17, 15) is 14.6 Å². The van der Waals surface area contributed by atoms with Gasteiger partial charge in [-0.3, -0.25) is 4.90 Å². The van der Waals surface area contributed by atoms with Crippen molar-refractivity contribution in [1.29, 1.82) is 5.26 Å². The fourth-order valence-electron chi connectivity index (χ4n) is 1.99. The zero-order valence-electron chi connectivity index (χ0n) is 9.17. The summed E-state index contributed by atoms with van der Waals surface area (Å²) in [6.07, 6.45) is -1.46. The standard InChI is InChI=1S/C12H13FN2O2/c13-10-2-1-8(3-9(10)4-14)5-15-6-11(16)12(17)7-15/h1-3,11-12,16-17H,5-7H2/t11-,12+. The minimum atomic E-state index is -0.731. The second-order valence-corrected chi connectivity index (χ2v) is 4.25. The number of hydrogen-bond acceptors (Lipinski definition) is 4. The third-order valence-electron chi connectivity index (χ3n) is 2.89. The van der Waals surface area contributed by atoms with E-state index in [1.165, 1.54) is 12.1 Å². The quantitative estimate of drug-likeness (QED) is 0.771. The Bertz CT molecular complexity index is 448. The molecule has 90 valence electrons. The van der Waals surface area contributed by atoms with Crippen LogP contribution >= 0.6 is 0 Å². The number of β-amino-alcohol motifs (C(OH)–C–C–N with tert-alkyl or cyclic N) is 2. The molecule has 1 saturated heterocycles. The van der Waals surface area contributed by atoms with Crippen molar-refractivity contribution in [2.45, 2.75) is 18.8 Å². The normalized spacial score (nSPS) is 24.8. The van der Waals surface area contributed by atoms with E-state index in [2.05, 4.69) is 0 Å². The minimum Gasteiger partial charge on any atom is -0.389 e. The highest BCUT2D eigenvalue weighted by molar-refractivity contribution is 5.34. The van der Waals surface area contributed by atoms with E-state index < -0.39 is 18.0 Å². The molecule has 4 nitrogen and oxygen atoms in total. The molecule has 0 aliphatic carbocycles. The van der Waals surface area contributed by atoms with E-state index in [0.717, 1.165) is 5.56 Å². The van der Waals surface area contributed by atoms with E-state index in [1.54, 1.807) is 12.1 Å². The molecule has 0 amide bonds. The van der Waals surface area contributed by atoms with Gasteiger partial charge in [0.1, 0.15) is 11.9 Å². The SMILES string of the molecule is N#Cc1cc(CN2C[C@@H](O)[C@@H](O)C2)ccc1F. The molecular formula is C12H13FN2O2. The number of hydrogen-bond donors (Lipinski definition) is 2. The van der Waals surface area contributed by atoms with Crippen LogP contribution in [0.25, 0.3) is 0 Å². The second kappa shape index (κ2) is 4.80. The van der Waals surface area contributed by atoms with Gasteiger partial charge in [0.25, 0.3) is 0 Å². The van der Waals surface area contributed by atoms with Crippen LogP contribution < -0.4 is 0 Å². The van der Waals surface area contributed by atoms with Crippen molar-refractivity contribution >= 4 is 0 Å². The van der Waals surface area contributed by atoms with Gasteiger partial charge in [-0.2, -0.15) is 5.26 Å². The summed E-state index contributed by atoms with van der Waals surface area (Å²) in [6.45, 7) is 1.27. The van der Waals surface area contributed by atoms with E-state index >= 15 is 0 Å². The molecule has 1 aromatic rings. The van der Waals surface area contributed by atoms with Gasteiger partial charge in [0, 0.05) is 19.6 Å². The molecule has 5 heteroatoms. The Balaban J connectivity index is 2.07. The van der Waals surface area contributed by atoms with Gasteiger partial charge >= 0.3 is 0 Å². The average Bonchev–Trinajstić information content (AvgIpc) is 2.61. The Morgan fingerprint density at radius 2 is 2.00 bits per heavy atom. The first-order valence-electron chi connectivity index (χ1n) is 5.37. The zero-order valence-corrected chi connectivity index (χ0v) is 9.17. The summed E-state index contributed by atoms with van der Waals surface area (Å²) >= 11 is 0. The van der Waals surface area contributed by atoms with Gasteiger partial charge in [-0.05, 0) is 17.7 Å². The lowest BCUT2D eigenvalue weighted by molar-refractivity contribution is 0.0572. The topological polar surface area (TPSA) is 67.5 Å². The molecule has 1 aliphatic heterocycles. The van der Waals surface area contributed by atoms with Crippen LogP contribution in [0.1, 0.15) is 11.1 Å².